The topological polar surface area (TPSA) is 57.3 Å². The van der Waals surface area contributed by atoms with Crippen LogP contribution >= 0.6 is 0 Å². The van der Waals surface area contributed by atoms with E-state index in [0.29, 0.717) is 5.69 Å². The van der Waals surface area contributed by atoms with Crippen molar-refractivity contribution in [1.82, 2.24) is 15.2 Å². The molecule has 0 aliphatic carbocycles. The average Bonchev–Trinajstić information content (AvgIpc) is 2.38. The van der Waals surface area contributed by atoms with Crippen LogP contribution in [-0.4, -0.2) is 48.5 Å². The maximum atomic E-state index is 11.9. The number of pyridine rings is 1. The average molecular weight is 262 g/mol. The van der Waals surface area contributed by atoms with Crippen molar-refractivity contribution in [3.63, 3.8) is 0 Å². The monoisotopic (exact) mass is 262 g/mol. The summed E-state index contributed by atoms with van der Waals surface area (Å²) in [7, 11) is 3.47. The maximum Gasteiger partial charge on any atom is 0.272 e. The van der Waals surface area contributed by atoms with Gasteiger partial charge in [0.2, 0.25) is 0 Å². The minimum absolute atomic E-state index is 0.0703. The summed E-state index contributed by atoms with van der Waals surface area (Å²) >= 11 is 0. The van der Waals surface area contributed by atoms with Gasteiger partial charge in [-0.05, 0) is 45.0 Å². The largest absolute Gasteiger partial charge is 0.380 e. The maximum absolute atomic E-state index is 11.9. The Morgan fingerprint density at radius 3 is 2.74 bits per heavy atom. The van der Waals surface area contributed by atoms with E-state index in [2.05, 4.69) is 22.5 Å². The molecule has 19 heavy (non-hydrogen) atoms. The summed E-state index contributed by atoms with van der Waals surface area (Å²) in [6.07, 6.45) is 3.84. The molecule has 2 N–H and O–H groups in total. The van der Waals surface area contributed by atoms with Gasteiger partial charge in [-0.2, -0.15) is 0 Å². The van der Waals surface area contributed by atoms with Crippen molar-refractivity contribution in [2.45, 2.75) is 25.3 Å². The van der Waals surface area contributed by atoms with Gasteiger partial charge in [0.05, 0.1) is 0 Å². The van der Waals surface area contributed by atoms with Crippen molar-refractivity contribution in [2.24, 2.45) is 0 Å². The molecule has 0 unspecified atom stereocenters. The molecule has 0 saturated carbocycles. The van der Waals surface area contributed by atoms with Gasteiger partial charge in [0.25, 0.3) is 5.91 Å². The van der Waals surface area contributed by atoms with E-state index in [1.54, 1.807) is 25.2 Å². The molecule has 104 valence electrons. The molecule has 1 aliphatic heterocycles. The summed E-state index contributed by atoms with van der Waals surface area (Å²) in [6, 6.07) is 3.75. The molecule has 5 heteroatoms. The van der Waals surface area contributed by atoms with Crippen molar-refractivity contribution in [1.29, 1.82) is 0 Å². The highest BCUT2D eigenvalue weighted by Gasteiger charge is 2.26. The Hall–Kier alpha value is -1.62. The minimum Gasteiger partial charge on any atom is -0.380 e. The smallest absolute Gasteiger partial charge is 0.272 e. The molecule has 1 aromatic rings. The van der Waals surface area contributed by atoms with E-state index in [4.69, 9.17) is 0 Å². The number of nitrogens with zero attached hydrogens (tertiary/aromatic N) is 2. The number of carbonyl (C=O) groups is 1. The summed E-state index contributed by atoms with van der Waals surface area (Å²) < 4.78 is 0. The highest BCUT2D eigenvalue weighted by Crippen LogP contribution is 2.23. The van der Waals surface area contributed by atoms with Crippen LogP contribution in [-0.2, 0) is 0 Å². The van der Waals surface area contributed by atoms with E-state index in [0.717, 1.165) is 31.6 Å². The van der Waals surface area contributed by atoms with E-state index in [1.807, 2.05) is 12.1 Å². The van der Waals surface area contributed by atoms with Crippen molar-refractivity contribution in [3.8, 4) is 0 Å². The van der Waals surface area contributed by atoms with Crippen LogP contribution in [0.25, 0.3) is 0 Å². The molecule has 2 rings (SSSR count). The molecule has 1 amide bonds. The lowest BCUT2D eigenvalue weighted by Gasteiger charge is -2.36. The Morgan fingerprint density at radius 2 is 2.11 bits per heavy atom. The van der Waals surface area contributed by atoms with E-state index in [9.17, 15) is 4.79 Å². The van der Waals surface area contributed by atoms with Crippen LogP contribution in [0.15, 0.2) is 18.3 Å². The number of rotatable bonds is 3. The summed E-state index contributed by atoms with van der Waals surface area (Å²) in [4.78, 5) is 17.6. The first-order valence-corrected chi connectivity index (χ1v) is 6.67. The van der Waals surface area contributed by atoms with E-state index in [-0.39, 0.29) is 11.4 Å². The molecular weight excluding hydrogens is 240 g/mol. The predicted octanol–water partition coefficient (Wildman–Crippen LogP) is 1.34. The number of aromatic nitrogens is 1. The Balaban J connectivity index is 2.12. The first-order chi connectivity index (χ1) is 9.00. The Morgan fingerprint density at radius 1 is 1.42 bits per heavy atom. The third kappa shape index (κ3) is 3.44. The second kappa shape index (κ2) is 5.57. The zero-order valence-corrected chi connectivity index (χ0v) is 11.9. The van der Waals surface area contributed by atoms with Crippen LogP contribution in [0.1, 0.15) is 30.3 Å². The molecule has 0 aromatic carbocycles. The molecule has 1 aliphatic rings. The van der Waals surface area contributed by atoms with Gasteiger partial charge in [-0.3, -0.25) is 9.78 Å². The zero-order valence-electron chi connectivity index (χ0n) is 11.9. The van der Waals surface area contributed by atoms with Crippen molar-refractivity contribution < 1.29 is 4.79 Å². The third-order valence-electron chi connectivity index (χ3n) is 3.54. The molecule has 0 bridgehead atoms. The number of carbonyl (C=O) groups excluding carboxylic acids is 1. The van der Waals surface area contributed by atoms with Gasteiger partial charge in [0, 0.05) is 31.5 Å². The fraction of sp³-hybridized carbons (Fsp3) is 0.571. The number of piperidine rings is 1. The van der Waals surface area contributed by atoms with Gasteiger partial charge in [0.15, 0.2) is 0 Å². The fourth-order valence-corrected chi connectivity index (χ4v) is 2.31. The molecule has 2 heterocycles. The van der Waals surface area contributed by atoms with Gasteiger partial charge in [-0.25, -0.2) is 0 Å². The lowest BCUT2D eigenvalue weighted by molar-refractivity contribution is 0.0822. The molecule has 5 nitrogen and oxygen atoms in total. The van der Waals surface area contributed by atoms with E-state index >= 15 is 0 Å². The van der Waals surface area contributed by atoms with Crippen LogP contribution in [0.3, 0.4) is 0 Å². The molecule has 0 spiro atoms. The Labute approximate surface area is 114 Å². The molecule has 1 aromatic heterocycles. The Kier molecular flexibility index (Phi) is 4.04. The summed E-state index contributed by atoms with van der Waals surface area (Å²) in [5.41, 5.74) is 1.53. The quantitative estimate of drug-likeness (QED) is 0.863. The molecule has 0 radical (unpaired) electrons. The van der Waals surface area contributed by atoms with Crippen LogP contribution in [0.5, 0.6) is 0 Å². The molecule has 1 fully saturated rings. The normalized spacial score (nSPS) is 17.8. The van der Waals surface area contributed by atoms with Crippen molar-refractivity contribution >= 4 is 11.6 Å². The zero-order chi connectivity index (χ0) is 13.9. The second-order valence-electron chi connectivity index (χ2n) is 5.56. The number of hydrogen-bond donors (Lipinski definition) is 2. The van der Waals surface area contributed by atoms with Gasteiger partial charge >= 0.3 is 0 Å². The van der Waals surface area contributed by atoms with Crippen LogP contribution < -0.4 is 10.6 Å². The van der Waals surface area contributed by atoms with E-state index in [1.165, 1.54) is 0 Å². The summed E-state index contributed by atoms with van der Waals surface area (Å²) in [5.74, 6) is -0.0703. The second-order valence-corrected chi connectivity index (χ2v) is 5.56. The SMILES string of the molecule is CN(C)C(=O)c1cc(NC2(C)CCNCC2)ccn1. The fourth-order valence-electron chi connectivity index (χ4n) is 2.31. The van der Waals surface area contributed by atoms with Gasteiger partial charge < -0.3 is 15.5 Å². The van der Waals surface area contributed by atoms with Gasteiger partial charge in [-0.15, -0.1) is 0 Å². The highest BCUT2D eigenvalue weighted by molar-refractivity contribution is 5.92. The minimum atomic E-state index is -0.0703. The van der Waals surface area contributed by atoms with Gasteiger partial charge in [-0.1, -0.05) is 0 Å². The third-order valence-corrected chi connectivity index (χ3v) is 3.54. The number of amides is 1. The van der Waals surface area contributed by atoms with Crippen LogP contribution in [0.2, 0.25) is 0 Å². The van der Waals surface area contributed by atoms with E-state index < -0.39 is 0 Å². The number of nitrogens with one attached hydrogen (secondary N) is 2. The molecule has 1 saturated heterocycles. The van der Waals surface area contributed by atoms with Crippen LogP contribution in [0, 0.1) is 0 Å². The number of hydrogen-bond acceptors (Lipinski definition) is 4. The van der Waals surface area contributed by atoms with Crippen LogP contribution in [0.4, 0.5) is 5.69 Å². The predicted molar refractivity (Wildman–Crippen MR) is 76.4 cm³/mol. The highest BCUT2D eigenvalue weighted by atomic mass is 16.2. The van der Waals surface area contributed by atoms with Crippen molar-refractivity contribution in [3.05, 3.63) is 24.0 Å². The lowest BCUT2D eigenvalue weighted by Crippen LogP contribution is -2.45. The summed E-state index contributed by atoms with van der Waals surface area (Å²) in [5, 5.41) is 6.90. The van der Waals surface area contributed by atoms with Crippen molar-refractivity contribution in [2.75, 3.05) is 32.5 Å². The number of anilines is 1. The standard InChI is InChI=1S/C14H22N4O/c1-14(5-8-15-9-6-14)17-11-4-7-16-12(10-11)13(19)18(2)3/h4,7,10,15H,5-6,8-9H2,1-3H3,(H,16,17). The lowest BCUT2D eigenvalue weighted by atomic mass is 9.90. The Bertz CT molecular complexity index is 453. The van der Waals surface area contributed by atoms with Gasteiger partial charge in [0.1, 0.15) is 5.69 Å². The molecule has 0 atom stereocenters. The first-order valence-electron chi connectivity index (χ1n) is 6.67. The molecular formula is C14H22N4O. The first kappa shape index (κ1) is 13.8. The summed E-state index contributed by atoms with van der Waals surface area (Å²) in [6.45, 7) is 4.28.